The first-order valence-corrected chi connectivity index (χ1v) is 13.9. The zero-order valence-corrected chi connectivity index (χ0v) is 22.6. The van der Waals surface area contributed by atoms with Gasteiger partial charge in [-0.05, 0) is 74.7 Å². The summed E-state index contributed by atoms with van der Waals surface area (Å²) in [6.45, 7) is 3.43. The summed E-state index contributed by atoms with van der Waals surface area (Å²) in [5.41, 5.74) is 2.92. The third-order valence-corrected chi connectivity index (χ3v) is 7.22. The molecule has 1 heterocycles. The lowest BCUT2D eigenvalue weighted by molar-refractivity contribution is -0.126. The Labute approximate surface area is 222 Å². The number of Topliss-reactive ketones (excluding diaryl/α,β-unsaturated/α-hetero) is 1. The summed E-state index contributed by atoms with van der Waals surface area (Å²) in [6, 6.07) is 10.2. The summed E-state index contributed by atoms with van der Waals surface area (Å²) in [5, 5.41) is 11.6. The van der Waals surface area contributed by atoms with Crippen molar-refractivity contribution in [3.8, 4) is 5.75 Å². The van der Waals surface area contributed by atoms with Gasteiger partial charge in [-0.1, -0.05) is 12.8 Å². The molecule has 0 bridgehead atoms. The van der Waals surface area contributed by atoms with Gasteiger partial charge in [-0.15, -0.1) is 0 Å². The second-order valence-electron chi connectivity index (χ2n) is 9.30. The van der Waals surface area contributed by atoms with E-state index in [1.165, 1.54) is 24.3 Å². The highest BCUT2D eigenvalue weighted by Crippen LogP contribution is 2.27. The van der Waals surface area contributed by atoms with E-state index in [1.807, 2.05) is 25.1 Å². The summed E-state index contributed by atoms with van der Waals surface area (Å²) in [5.74, 6) is 0.0477. The molecule has 0 spiro atoms. The predicted molar refractivity (Wildman–Crippen MR) is 145 cm³/mol. The number of H-pyrrole nitrogens is 1. The van der Waals surface area contributed by atoms with Gasteiger partial charge in [-0.2, -0.15) is 0 Å². The lowest BCUT2D eigenvalue weighted by atomic mass is 10.0. The van der Waals surface area contributed by atoms with Crippen LogP contribution >= 0.6 is 0 Å². The monoisotopic (exact) mass is 542 g/mol. The number of fused-ring (bicyclic) bond motifs is 1. The number of rotatable bonds is 13. The number of anilines is 1. The molecule has 2 aromatic carbocycles. The Kier molecular flexibility index (Phi) is 9.65. The van der Waals surface area contributed by atoms with Crippen molar-refractivity contribution in [3.05, 3.63) is 53.7 Å². The van der Waals surface area contributed by atoms with Crippen LogP contribution in [-0.2, 0) is 30.8 Å². The summed E-state index contributed by atoms with van der Waals surface area (Å²) >= 11 is 0. The van der Waals surface area contributed by atoms with E-state index in [9.17, 15) is 22.8 Å². The zero-order chi connectivity index (χ0) is 27.9. The number of sulfonamides is 1. The number of benzene rings is 2. The summed E-state index contributed by atoms with van der Waals surface area (Å²) in [7, 11) is -2.28. The van der Waals surface area contributed by atoms with E-state index in [4.69, 9.17) is 9.88 Å². The zero-order valence-electron chi connectivity index (χ0n) is 21.8. The SMILES string of the molecule is COc1ccc2[nH]c(C)c(CC(=O)NC(CCCCCC(C)=O)C(=O)Nc3ccc(S(N)(=O)=O)cc3)c2c1. The quantitative estimate of drug-likeness (QED) is 0.242. The van der Waals surface area contributed by atoms with Gasteiger partial charge in [0.05, 0.1) is 18.4 Å². The number of carbonyl (C=O) groups excluding carboxylic acids is 3. The number of unbranched alkanes of at least 4 members (excludes halogenated alkanes) is 2. The second kappa shape index (κ2) is 12.7. The van der Waals surface area contributed by atoms with Crippen molar-refractivity contribution in [2.75, 3.05) is 12.4 Å². The molecule has 11 heteroatoms. The predicted octanol–water partition coefficient (Wildman–Crippen LogP) is 3.34. The van der Waals surface area contributed by atoms with Crippen LogP contribution in [0.5, 0.6) is 5.75 Å². The number of nitrogens with one attached hydrogen (secondary N) is 3. The van der Waals surface area contributed by atoms with Crippen LogP contribution in [0, 0.1) is 6.92 Å². The molecule has 3 rings (SSSR count). The van der Waals surface area contributed by atoms with Crippen molar-refractivity contribution in [1.82, 2.24) is 10.3 Å². The highest BCUT2D eigenvalue weighted by atomic mass is 32.2. The van der Waals surface area contributed by atoms with Crippen molar-refractivity contribution in [3.63, 3.8) is 0 Å². The third-order valence-electron chi connectivity index (χ3n) is 6.29. The molecule has 0 aliphatic carbocycles. The Morgan fingerprint density at radius 3 is 2.39 bits per heavy atom. The highest BCUT2D eigenvalue weighted by Gasteiger charge is 2.22. The van der Waals surface area contributed by atoms with E-state index in [-0.39, 0.29) is 23.0 Å². The number of hydrogen-bond donors (Lipinski definition) is 4. The Bertz CT molecular complexity index is 1410. The normalized spacial score (nSPS) is 12.2. The lowest BCUT2D eigenvalue weighted by Gasteiger charge is -2.19. The molecule has 0 fully saturated rings. The number of carbonyl (C=O) groups is 3. The van der Waals surface area contributed by atoms with Gasteiger partial charge in [-0.25, -0.2) is 13.6 Å². The molecular weight excluding hydrogens is 508 g/mol. The van der Waals surface area contributed by atoms with Gasteiger partial charge >= 0.3 is 0 Å². The van der Waals surface area contributed by atoms with E-state index in [1.54, 1.807) is 14.0 Å². The molecule has 0 saturated carbocycles. The van der Waals surface area contributed by atoms with Crippen molar-refractivity contribution < 1.29 is 27.5 Å². The molecule has 0 aliphatic rings. The minimum atomic E-state index is -3.86. The van der Waals surface area contributed by atoms with Gasteiger partial charge in [-0.3, -0.25) is 9.59 Å². The largest absolute Gasteiger partial charge is 0.497 e. The molecule has 0 radical (unpaired) electrons. The van der Waals surface area contributed by atoms with Gasteiger partial charge in [0.1, 0.15) is 17.6 Å². The van der Waals surface area contributed by atoms with Gasteiger partial charge in [0.25, 0.3) is 0 Å². The first kappa shape index (κ1) is 28.9. The number of aromatic amines is 1. The molecule has 0 aliphatic heterocycles. The van der Waals surface area contributed by atoms with Crippen LogP contribution in [0.2, 0.25) is 0 Å². The molecule has 204 valence electrons. The van der Waals surface area contributed by atoms with Gasteiger partial charge in [0, 0.05) is 28.7 Å². The van der Waals surface area contributed by atoms with Crippen molar-refractivity contribution in [2.24, 2.45) is 5.14 Å². The van der Waals surface area contributed by atoms with Crippen LogP contribution in [-0.4, -0.2) is 44.2 Å². The summed E-state index contributed by atoms with van der Waals surface area (Å²) < 4.78 is 28.3. The number of primary sulfonamides is 1. The first-order valence-electron chi connectivity index (χ1n) is 12.4. The third kappa shape index (κ3) is 7.90. The Hall–Kier alpha value is -3.70. The van der Waals surface area contributed by atoms with Crippen LogP contribution in [0.4, 0.5) is 5.69 Å². The topological polar surface area (TPSA) is 160 Å². The van der Waals surface area contributed by atoms with Crippen LogP contribution in [0.25, 0.3) is 10.9 Å². The van der Waals surface area contributed by atoms with Crippen LogP contribution in [0.3, 0.4) is 0 Å². The molecular formula is C27H34N4O6S. The number of hydrogen-bond acceptors (Lipinski definition) is 6. The van der Waals surface area contributed by atoms with E-state index in [0.29, 0.717) is 37.1 Å². The van der Waals surface area contributed by atoms with E-state index >= 15 is 0 Å². The number of ketones is 1. The molecule has 10 nitrogen and oxygen atoms in total. The smallest absolute Gasteiger partial charge is 0.246 e. The maximum atomic E-state index is 13.1. The van der Waals surface area contributed by atoms with E-state index in [0.717, 1.165) is 28.6 Å². The summed E-state index contributed by atoms with van der Waals surface area (Å²) in [4.78, 5) is 40.6. The minimum Gasteiger partial charge on any atom is -0.497 e. The number of nitrogens with two attached hydrogens (primary N) is 1. The maximum Gasteiger partial charge on any atom is 0.246 e. The van der Waals surface area contributed by atoms with E-state index < -0.39 is 22.0 Å². The second-order valence-corrected chi connectivity index (χ2v) is 10.9. The lowest BCUT2D eigenvalue weighted by Crippen LogP contribution is -2.44. The molecule has 1 atom stereocenters. The fourth-order valence-electron chi connectivity index (χ4n) is 4.25. The molecule has 3 aromatic rings. The Morgan fingerprint density at radius 2 is 1.76 bits per heavy atom. The van der Waals surface area contributed by atoms with Crippen LogP contribution < -0.4 is 20.5 Å². The molecule has 1 aromatic heterocycles. The summed E-state index contributed by atoms with van der Waals surface area (Å²) in [6.07, 6.45) is 3.01. The van der Waals surface area contributed by atoms with Gasteiger partial charge in [0.2, 0.25) is 21.8 Å². The molecule has 0 saturated heterocycles. The molecule has 38 heavy (non-hydrogen) atoms. The average molecular weight is 543 g/mol. The number of ether oxygens (including phenoxy) is 1. The fraction of sp³-hybridized carbons (Fsp3) is 0.370. The van der Waals surface area contributed by atoms with Crippen molar-refractivity contribution >= 4 is 44.2 Å². The molecule has 1 unspecified atom stereocenters. The van der Waals surface area contributed by atoms with Crippen LogP contribution in [0.15, 0.2) is 47.4 Å². The number of amides is 2. The van der Waals surface area contributed by atoms with Gasteiger partial charge in [0.15, 0.2) is 0 Å². The Balaban J connectivity index is 1.73. The fourth-order valence-corrected chi connectivity index (χ4v) is 4.76. The van der Waals surface area contributed by atoms with Crippen LogP contribution in [0.1, 0.15) is 50.3 Å². The van der Waals surface area contributed by atoms with Gasteiger partial charge < -0.3 is 25.1 Å². The number of aromatic nitrogens is 1. The first-order chi connectivity index (χ1) is 18.0. The van der Waals surface area contributed by atoms with E-state index in [2.05, 4.69) is 15.6 Å². The minimum absolute atomic E-state index is 0.0656. The molecule has 2 amide bonds. The standard InChI is InChI=1S/C27H34N4O6S/c1-17(32)7-5-4-6-8-25(27(34)30-19-9-12-21(13-10-19)38(28,35)36)31-26(33)16-22-18(2)29-24-14-11-20(37-3)15-23(22)24/h9-15,25,29H,4-8,16H2,1-3H3,(H,30,34)(H,31,33)(H2,28,35,36). The highest BCUT2D eigenvalue weighted by molar-refractivity contribution is 7.89. The van der Waals surface area contributed by atoms with Crippen molar-refractivity contribution in [2.45, 2.75) is 63.3 Å². The maximum absolute atomic E-state index is 13.1. The number of methoxy groups -OCH3 is 1. The molecule has 5 N–H and O–H groups in total. The Morgan fingerprint density at radius 1 is 1.05 bits per heavy atom. The number of aryl methyl sites for hydroxylation is 1. The average Bonchev–Trinajstić information content (AvgIpc) is 3.16. The van der Waals surface area contributed by atoms with Crippen molar-refractivity contribution in [1.29, 1.82) is 0 Å².